The molecule has 2 rings (SSSR count). The average Bonchev–Trinajstić information content (AvgIpc) is 2.85. The summed E-state index contributed by atoms with van der Waals surface area (Å²) in [6, 6.07) is 1.89. The quantitative estimate of drug-likeness (QED) is 0.875. The van der Waals surface area contributed by atoms with E-state index in [9.17, 15) is 4.79 Å². The fourth-order valence-electron chi connectivity index (χ4n) is 2.09. The van der Waals surface area contributed by atoms with Gasteiger partial charge in [0.15, 0.2) is 0 Å². The standard InChI is InChI=1S/C13H21N3O2/c1-9-8-11(16(15-9)13(2,3)4)14-12(17)10-6-5-7-18-10/h8,10H,5-7H2,1-4H3,(H,14,17). The van der Waals surface area contributed by atoms with Gasteiger partial charge in [0.25, 0.3) is 5.91 Å². The van der Waals surface area contributed by atoms with E-state index in [1.165, 1.54) is 0 Å². The second-order valence-electron chi connectivity index (χ2n) is 5.74. The van der Waals surface area contributed by atoms with Gasteiger partial charge in [-0.2, -0.15) is 5.10 Å². The molecule has 18 heavy (non-hydrogen) atoms. The second-order valence-corrected chi connectivity index (χ2v) is 5.74. The smallest absolute Gasteiger partial charge is 0.254 e. The molecule has 1 aromatic heterocycles. The molecule has 1 N–H and O–H groups in total. The maximum Gasteiger partial charge on any atom is 0.254 e. The Morgan fingerprint density at radius 3 is 2.83 bits per heavy atom. The van der Waals surface area contributed by atoms with Gasteiger partial charge in [-0.15, -0.1) is 0 Å². The van der Waals surface area contributed by atoms with E-state index in [-0.39, 0.29) is 17.6 Å². The number of aryl methyl sites for hydroxylation is 1. The van der Waals surface area contributed by atoms with Gasteiger partial charge < -0.3 is 10.1 Å². The van der Waals surface area contributed by atoms with Crippen molar-refractivity contribution >= 4 is 11.7 Å². The Labute approximate surface area is 108 Å². The van der Waals surface area contributed by atoms with Crippen LogP contribution >= 0.6 is 0 Å². The summed E-state index contributed by atoms with van der Waals surface area (Å²) in [5.41, 5.74) is 0.737. The van der Waals surface area contributed by atoms with Crippen molar-refractivity contribution in [3.63, 3.8) is 0 Å². The predicted molar refractivity (Wildman–Crippen MR) is 69.6 cm³/mol. The van der Waals surface area contributed by atoms with E-state index in [2.05, 4.69) is 31.2 Å². The first kappa shape index (κ1) is 13.1. The molecule has 0 spiro atoms. The van der Waals surface area contributed by atoms with Crippen LogP contribution in [0, 0.1) is 6.92 Å². The van der Waals surface area contributed by atoms with Crippen molar-refractivity contribution in [3.8, 4) is 0 Å². The lowest BCUT2D eigenvalue weighted by molar-refractivity contribution is -0.124. The number of rotatable bonds is 2. The van der Waals surface area contributed by atoms with Gasteiger partial charge in [-0.05, 0) is 40.5 Å². The summed E-state index contributed by atoms with van der Waals surface area (Å²) in [7, 11) is 0. The minimum atomic E-state index is -0.311. The van der Waals surface area contributed by atoms with Gasteiger partial charge in [-0.3, -0.25) is 4.79 Å². The van der Waals surface area contributed by atoms with E-state index >= 15 is 0 Å². The van der Waals surface area contributed by atoms with Crippen LogP contribution in [0.5, 0.6) is 0 Å². The third-order valence-corrected chi connectivity index (χ3v) is 2.94. The Bertz CT molecular complexity index is 440. The summed E-state index contributed by atoms with van der Waals surface area (Å²) < 4.78 is 7.22. The summed E-state index contributed by atoms with van der Waals surface area (Å²) in [5, 5.41) is 7.34. The van der Waals surface area contributed by atoms with Crippen molar-refractivity contribution in [1.82, 2.24) is 9.78 Å². The van der Waals surface area contributed by atoms with Crippen molar-refractivity contribution < 1.29 is 9.53 Å². The molecule has 1 aromatic rings. The van der Waals surface area contributed by atoms with Gasteiger partial charge in [0, 0.05) is 12.7 Å². The summed E-state index contributed by atoms with van der Waals surface area (Å²) in [6.07, 6.45) is 1.44. The first-order valence-electron chi connectivity index (χ1n) is 6.37. The minimum absolute atomic E-state index is 0.0714. The molecule has 5 heteroatoms. The molecule has 0 radical (unpaired) electrons. The molecule has 0 saturated carbocycles. The number of carbonyl (C=O) groups is 1. The number of amides is 1. The SMILES string of the molecule is Cc1cc(NC(=O)C2CCCO2)n(C(C)(C)C)n1. The van der Waals surface area contributed by atoms with Gasteiger partial charge in [0.1, 0.15) is 11.9 Å². The van der Waals surface area contributed by atoms with E-state index < -0.39 is 0 Å². The largest absolute Gasteiger partial charge is 0.368 e. The predicted octanol–water partition coefficient (Wildman–Crippen LogP) is 2.06. The van der Waals surface area contributed by atoms with Crippen LogP contribution < -0.4 is 5.32 Å². The summed E-state index contributed by atoms with van der Waals surface area (Å²) in [4.78, 5) is 12.0. The number of nitrogens with one attached hydrogen (secondary N) is 1. The number of nitrogens with zero attached hydrogens (tertiary/aromatic N) is 2. The number of anilines is 1. The van der Waals surface area contributed by atoms with Crippen molar-refractivity contribution in [2.45, 2.75) is 52.2 Å². The van der Waals surface area contributed by atoms with Crippen LogP contribution in [-0.2, 0) is 15.1 Å². The van der Waals surface area contributed by atoms with Crippen LogP contribution in [0.3, 0.4) is 0 Å². The highest BCUT2D eigenvalue weighted by atomic mass is 16.5. The highest BCUT2D eigenvalue weighted by Gasteiger charge is 2.26. The number of ether oxygens (including phenoxy) is 1. The summed E-state index contributed by atoms with van der Waals surface area (Å²) in [5.74, 6) is 0.665. The monoisotopic (exact) mass is 251 g/mol. The van der Waals surface area contributed by atoms with Crippen LogP contribution in [0.4, 0.5) is 5.82 Å². The van der Waals surface area contributed by atoms with E-state index in [1.54, 1.807) is 0 Å². The molecule has 100 valence electrons. The topological polar surface area (TPSA) is 56.1 Å². The number of hydrogen-bond donors (Lipinski definition) is 1. The third-order valence-electron chi connectivity index (χ3n) is 2.94. The van der Waals surface area contributed by atoms with Gasteiger partial charge in [-0.1, -0.05) is 0 Å². The molecule has 1 aliphatic rings. The lowest BCUT2D eigenvalue weighted by Crippen LogP contribution is -2.31. The van der Waals surface area contributed by atoms with E-state index in [0.717, 1.165) is 24.4 Å². The van der Waals surface area contributed by atoms with Crippen LogP contribution in [0.1, 0.15) is 39.3 Å². The lowest BCUT2D eigenvalue weighted by atomic mass is 10.1. The number of carbonyl (C=O) groups excluding carboxylic acids is 1. The van der Waals surface area contributed by atoms with Crippen molar-refractivity contribution in [2.75, 3.05) is 11.9 Å². The Kier molecular flexibility index (Phi) is 3.43. The Hall–Kier alpha value is -1.36. The first-order chi connectivity index (χ1) is 8.38. The molecule has 1 aliphatic heterocycles. The van der Waals surface area contributed by atoms with Crippen molar-refractivity contribution in [1.29, 1.82) is 0 Å². The van der Waals surface area contributed by atoms with Crippen LogP contribution in [0.25, 0.3) is 0 Å². The van der Waals surface area contributed by atoms with Crippen LogP contribution in [0.2, 0.25) is 0 Å². The molecule has 2 heterocycles. The van der Waals surface area contributed by atoms with Gasteiger partial charge in [0.2, 0.25) is 0 Å². The van der Waals surface area contributed by atoms with Gasteiger partial charge in [0.05, 0.1) is 11.2 Å². The van der Waals surface area contributed by atoms with Crippen LogP contribution in [-0.4, -0.2) is 28.4 Å². The zero-order chi connectivity index (χ0) is 13.3. The summed E-state index contributed by atoms with van der Waals surface area (Å²) in [6.45, 7) is 8.77. The van der Waals surface area contributed by atoms with Crippen molar-refractivity contribution in [2.24, 2.45) is 0 Å². The van der Waals surface area contributed by atoms with E-state index in [0.29, 0.717) is 6.61 Å². The Morgan fingerprint density at radius 2 is 2.28 bits per heavy atom. The molecule has 1 unspecified atom stereocenters. The highest BCUT2D eigenvalue weighted by molar-refractivity contribution is 5.93. The minimum Gasteiger partial charge on any atom is -0.368 e. The second kappa shape index (κ2) is 4.72. The molecular formula is C13H21N3O2. The first-order valence-corrected chi connectivity index (χ1v) is 6.37. The average molecular weight is 251 g/mol. The normalized spacial score (nSPS) is 20.1. The number of aromatic nitrogens is 2. The van der Waals surface area contributed by atoms with Gasteiger partial charge >= 0.3 is 0 Å². The number of hydrogen-bond acceptors (Lipinski definition) is 3. The Morgan fingerprint density at radius 1 is 1.56 bits per heavy atom. The molecule has 0 bridgehead atoms. The third kappa shape index (κ3) is 2.72. The molecule has 1 atom stereocenters. The molecule has 5 nitrogen and oxygen atoms in total. The highest BCUT2D eigenvalue weighted by Crippen LogP contribution is 2.22. The van der Waals surface area contributed by atoms with Crippen LogP contribution in [0.15, 0.2) is 6.07 Å². The Balaban J connectivity index is 2.15. The maximum atomic E-state index is 12.0. The fourth-order valence-corrected chi connectivity index (χ4v) is 2.09. The molecule has 1 fully saturated rings. The zero-order valence-corrected chi connectivity index (χ0v) is 11.5. The fraction of sp³-hybridized carbons (Fsp3) is 0.692. The maximum absolute atomic E-state index is 12.0. The van der Waals surface area contributed by atoms with E-state index in [1.807, 2.05) is 17.7 Å². The molecule has 1 amide bonds. The molecule has 0 aliphatic carbocycles. The molecular weight excluding hydrogens is 230 g/mol. The lowest BCUT2D eigenvalue weighted by Gasteiger charge is -2.22. The molecule has 1 saturated heterocycles. The van der Waals surface area contributed by atoms with Gasteiger partial charge in [-0.25, -0.2) is 4.68 Å². The summed E-state index contributed by atoms with van der Waals surface area (Å²) >= 11 is 0. The van der Waals surface area contributed by atoms with E-state index in [4.69, 9.17) is 4.74 Å². The molecule has 0 aromatic carbocycles. The zero-order valence-electron chi connectivity index (χ0n) is 11.5. The van der Waals surface area contributed by atoms with Crippen molar-refractivity contribution in [3.05, 3.63) is 11.8 Å².